The minimum atomic E-state index is -2.50. The van der Waals surface area contributed by atoms with Crippen LogP contribution < -0.4 is 0 Å². The fourth-order valence-corrected chi connectivity index (χ4v) is 1.53. The Hall–Kier alpha value is -1.25. The molecule has 0 aromatic rings. The van der Waals surface area contributed by atoms with E-state index in [-0.39, 0.29) is 5.57 Å². The van der Waals surface area contributed by atoms with Crippen molar-refractivity contribution in [3.63, 3.8) is 0 Å². The lowest BCUT2D eigenvalue weighted by Gasteiger charge is -2.06. The second kappa shape index (κ2) is 8.78. The molecule has 0 saturated carbocycles. The molecule has 0 aliphatic heterocycles. The molecule has 0 bridgehead atoms. The van der Waals surface area contributed by atoms with Gasteiger partial charge in [-0.2, -0.15) is 0 Å². The smallest absolute Gasteiger partial charge is 0.262 e. The molecule has 0 fully saturated rings. The van der Waals surface area contributed by atoms with Gasteiger partial charge >= 0.3 is 0 Å². The maximum Gasteiger partial charge on any atom is 0.265 e. The number of alkyl halides is 2. The molecule has 0 amide bonds. The molecule has 0 aromatic carbocycles. The van der Waals surface area contributed by atoms with Crippen molar-refractivity contribution < 1.29 is 8.78 Å². The maximum atomic E-state index is 13.1. The molecule has 0 aliphatic rings. The van der Waals surface area contributed by atoms with E-state index in [0.29, 0.717) is 5.70 Å². The van der Waals surface area contributed by atoms with E-state index in [0.717, 1.165) is 24.1 Å². The predicted molar refractivity (Wildman–Crippen MR) is 79.9 cm³/mol. The first-order valence-corrected chi connectivity index (χ1v) is 6.70. The van der Waals surface area contributed by atoms with Crippen LogP contribution in [0.2, 0.25) is 0 Å². The van der Waals surface area contributed by atoms with Crippen LogP contribution in [0.5, 0.6) is 0 Å². The molecule has 108 valence electrons. The van der Waals surface area contributed by atoms with Gasteiger partial charge in [-0.15, -0.1) is 0 Å². The molecule has 0 atom stereocenters. The van der Waals surface area contributed by atoms with Crippen LogP contribution in [0.25, 0.3) is 0 Å². The normalized spacial score (nSPS) is 15.9. The van der Waals surface area contributed by atoms with Gasteiger partial charge in [-0.1, -0.05) is 31.1 Å². The Bertz CT molecular complexity index is 412. The summed E-state index contributed by atoms with van der Waals surface area (Å²) < 4.78 is 26.2. The number of rotatable bonds is 6. The summed E-state index contributed by atoms with van der Waals surface area (Å²) >= 11 is 0. The first kappa shape index (κ1) is 17.8. The van der Waals surface area contributed by atoms with Gasteiger partial charge in [0.2, 0.25) is 0 Å². The number of nitrogens with zero attached hydrogens (tertiary/aromatic N) is 1. The van der Waals surface area contributed by atoms with Crippen LogP contribution in [0.3, 0.4) is 0 Å². The molecular weight excluding hydrogens is 244 g/mol. The third-order valence-electron chi connectivity index (χ3n) is 2.94. The van der Waals surface area contributed by atoms with Gasteiger partial charge in [-0.3, -0.25) is 4.99 Å². The Morgan fingerprint density at radius 1 is 1.00 bits per heavy atom. The average molecular weight is 269 g/mol. The van der Waals surface area contributed by atoms with Crippen molar-refractivity contribution in [2.45, 2.75) is 60.8 Å². The average Bonchev–Trinajstić information content (AvgIpc) is 2.34. The lowest BCUT2D eigenvalue weighted by Crippen LogP contribution is -1.99. The van der Waals surface area contributed by atoms with Gasteiger partial charge < -0.3 is 0 Å². The SMILES string of the molecule is CC/C(C)=C/C(C)=C\C(=C(C)\N=C(/C)CC)C(F)F. The number of hydrogen-bond donors (Lipinski definition) is 0. The zero-order valence-corrected chi connectivity index (χ0v) is 12.8. The van der Waals surface area contributed by atoms with E-state index in [1.54, 1.807) is 6.92 Å². The molecule has 0 radical (unpaired) electrons. The summed E-state index contributed by atoms with van der Waals surface area (Å²) in [5.41, 5.74) is 3.27. The third-order valence-corrected chi connectivity index (χ3v) is 2.94. The number of aliphatic imine (C=N–C) groups is 1. The lowest BCUT2D eigenvalue weighted by molar-refractivity contribution is 0.192. The zero-order valence-electron chi connectivity index (χ0n) is 12.8. The summed E-state index contributed by atoms with van der Waals surface area (Å²) in [4.78, 5) is 4.22. The van der Waals surface area contributed by atoms with Crippen molar-refractivity contribution in [2.75, 3.05) is 0 Å². The van der Waals surface area contributed by atoms with Crippen molar-refractivity contribution in [1.82, 2.24) is 0 Å². The first-order chi connectivity index (χ1) is 8.81. The van der Waals surface area contributed by atoms with Crippen molar-refractivity contribution in [3.05, 3.63) is 34.6 Å². The molecule has 0 N–H and O–H groups in total. The van der Waals surface area contributed by atoms with Gasteiger partial charge in [0, 0.05) is 17.0 Å². The van der Waals surface area contributed by atoms with E-state index < -0.39 is 6.43 Å². The Balaban J connectivity index is 5.47. The summed E-state index contributed by atoms with van der Waals surface area (Å²) in [6.07, 6.45) is 2.66. The molecule has 0 saturated heterocycles. The van der Waals surface area contributed by atoms with Crippen molar-refractivity contribution in [1.29, 1.82) is 0 Å². The predicted octanol–water partition coefficient (Wildman–Crippen LogP) is 5.70. The molecule has 0 aromatic heterocycles. The molecule has 0 spiro atoms. The van der Waals surface area contributed by atoms with E-state index in [1.165, 1.54) is 11.6 Å². The maximum absolute atomic E-state index is 13.1. The van der Waals surface area contributed by atoms with Crippen LogP contribution in [-0.2, 0) is 0 Å². The van der Waals surface area contributed by atoms with E-state index in [2.05, 4.69) is 4.99 Å². The second-order valence-corrected chi connectivity index (χ2v) is 4.77. The fourth-order valence-electron chi connectivity index (χ4n) is 1.53. The summed E-state index contributed by atoms with van der Waals surface area (Å²) in [6.45, 7) is 11.3. The van der Waals surface area contributed by atoms with Crippen molar-refractivity contribution in [2.24, 2.45) is 4.99 Å². The van der Waals surface area contributed by atoms with Gasteiger partial charge in [-0.25, -0.2) is 8.78 Å². The number of allylic oxidation sites excluding steroid dienone is 6. The van der Waals surface area contributed by atoms with E-state index in [1.807, 2.05) is 40.7 Å². The molecule has 0 aliphatic carbocycles. The van der Waals surface area contributed by atoms with Gasteiger partial charge in [0.25, 0.3) is 6.43 Å². The van der Waals surface area contributed by atoms with Crippen LogP contribution in [0, 0.1) is 0 Å². The van der Waals surface area contributed by atoms with Crippen LogP contribution in [0.15, 0.2) is 39.6 Å². The van der Waals surface area contributed by atoms with E-state index >= 15 is 0 Å². The molecular formula is C16H25F2N. The first-order valence-electron chi connectivity index (χ1n) is 6.70. The van der Waals surface area contributed by atoms with Crippen LogP contribution in [0.4, 0.5) is 8.78 Å². The Labute approximate surface area is 115 Å². The highest BCUT2D eigenvalue weighted by Gasteiger charge is 2.12. The zero-order chi connectivity index (χ0) is 15.0. The number of hydrogen-bond acceptors (Lipinski definition) is 1. The Morgan fingerprint density at radius 3 is 2.00 bits per heavy atom. The highest BCUT2D eigenvalue weighted by atomic mass is 19.3. The summed E-state index contributed by atoms with van der Waals surface area (Å²) in [7, 11) is 0. The van der Waals surface area contributed by atoms with E-state index in [4.69, 9.17) is 0 Å². The van der Waals surface area contributed by atoms with Gasteiger partial charge in [0.1, 0.15) is 0 Å². The van der Waals surface area contributed by atoms with Crippen molar-refractivity contribution in [3.8, 4) is 0 Å². The van der Waals surface area contributed by atoms with Gasteiger partial charge in [-0.05, 0) is 46.6 Å². The minimum absolute atomic E-state index is 0.00505. The highest BCUT2D eigenvalue weighted by Crippen LogP contribution is 2.19. The number of halogens is 2. The summed E-state index contributed by atoms with van der Waals surface area (Å²) in [5.74, 6) is 0. The topological polar surface area (TPSA) is 12.4 Å². The largest absolute Gasteiger partial charge is 0.265 e. The van der Waals surface area contributed by atoms with Crippen LogP contribution in [-0.4, -0.2) is 12.1 Å². The summed E-state index contributed by atoms with van der Waals surface area (Å²) in [5, 5.41) is 0. The van der Waals surface area contributed by atoms with Crippen LogP contribution in [0.1, 0.15) is 54.4 Å². The van der Waals surface area contributed by atoms with E-state index in [9.17, 15) is 8.78 Å². The lowest BCUT2D eigenvalue weighted by atomic mass is 10.1. The summed E-state index contributed by atoms with van der Waals surface area (Å²) in [6, 6.07) is 0. The molecule has 19 heavy (non-hydrogen) atoms. The molecule has 0 rings (SSSR count). The third kappa shape index (κ3) is 7.04. The molecule has 3 heteroatoms. The molecule has 0 unspecified atom stereocenters. The molecule has 0 heterocycles. The van der Waals surface area contributed by atoms with Crippen LogP contribution >= 0.6 is 0 Å². The Morgan fingerprint density at radius 2 is 1.58 bits per heavy atom. The second-order valence-electron chi connectivity index (χ2n) is 4.77. The quantitative estimate of drug-likeness (QED) is 0.433. The Kier molecular flexibility index (Phi) is 8.21. The standard InChI is InChI=1S/C16H25F2N/c1-7-11(3)9-12(4)10-15(16(17)18)14(6)19-13(5)8-2/h9-10,16H,7-8H2,1-6H3/b11-9+,12-10-,15-14-,19-13+. The minimum Gasteiger partial charge on any atom is -0.262 e. The molecule has 1 nitrogen and oxygen atoms in total. The van der Waals surface area contributed by atoms with Gasteiger partial charge in [0.15, 0.2) is 0 Å². The fraction of sp³-hybridized carbons (Fsp3) is 0.562. The monoisotopic (exact) mass is 269 g/mol. The van der Waals surface area contributed by atoms with Gasteiger partial charge in [0.05, 0.1) is 0 Å². The van der Waals surface area contributed by atoms with Crippen molar-refractivity contribution >= 4 is 5.71 Å². The highest BCUT2D eigenvalue weighted by molar-refractivity contribution is 5.82.